The van der Waals surface area contributed by atoms with Gasteiger partial charge >= 0.3 is 0 Å². The molecule has 1 heterocycles. The quantitative estimate of drug-likeness (QED) is 0.845. The molecule has 0 atom stereocenters. The summed E-state index contributed by atoms with van der Waals surface area (Å²) in [6, 6.07) is 7.44. The predicted molar refractivity (Wildman–Crippen MR) is 70.9 cm³/mol. The molecule has 7 heteroatoms. The monoisotopic (exact) mass is 283 g/mol. The molecule has 0 saturated heterocycles. The lowest BCUT2D eigenvalue weighted by Gasteiger charge is -2.09. The third kappa shape index (κ3) is 2.72. The molecular formula is C11H10ClN3O2S. The van der Waals surface area contributed by atoms with E-state index in [-0.39, 0.29) is 9.92 Å². The molecular weight excluding hydrogens is 274 g/mol. The summed E-state index contributed by atoms with van der Waals surface area (Å²) in [6.45, 7) is 0. The number of nitrogens with one attached hydrogen (secondary N) is 1. The lowest BCUT2D eigenvalue weighted by Crippen LogP contribution is -2.13. The number of benzene rings is 1. The fourth-order valence-electron chi connectivity index (χ4n) is 1.37. The van der Waals surface area contributed by atoms with E-state index in [1.807, 2.05) is 0 Å². The van der Waals surface area contributed by atoms with Gasteiger partial charge in [0, 0.05) is 11.9 Å². The lowest BCUT2D eigenvalue weighted by molar-refractivity contribution is 0.601. The first-order valence-corrected chi connectivity index (χ1v) is 6.83. The third-order valence-corrected chi connectivity index (χ3v) is 4.02. The molecule has 0 fully saturated rings. The number of sulfonamides is 1. The second kappa shape index (κ2) is 4.83. The fourth-order valence-corrected chi connectivity index (χ4v) is 2.97. The Kier molecular flexibility index (Phi) is 3.40. The van der Waals surface area contributed by atoms with Crippen LogP contribution in [0.1, 0.15) is 0 Å². The van der Waals surface area contributed by atoms with E-state index >= 15 is 0 Å². The van der Waals surface area contributed by atoms with Crippen LogP contribution in [0.15, 0.2) is 47.6 Å². The second-order valence-corrected chi connectivity index (χ2v) is 5.60. The predicted octanol–water partition coefficient (Wildman–Crippen LogP) is 2.12. The highest BCUT2D eigenvalue weighted by Gasteiger charge is 2.17. The Hall–Kier alpha value is -1.79. The number of hydrogen-bond acceptors (Lipinski definition) is 4. The summed E-state index contributed by atoms with van der Waals surface area (Å²) in [7, 11) is -3.74. The molecule has 3 N–H and O–H groups in total. The summed E-state index contributed by atoms with van der Waals surface area (Å²) in [5, 5.41) is 0.0754. The van der Waals surface area contributed by atoms with Crippen molar-refractivity contribution >= 4 is 33.0 Å². The number of rotatable bonds is 3. The molecule has 0 aliphatic carbocycles. The van der Waals surface area contributed by atoms with Crippen LogP contribution in [-0.4, -0.2) is 13.4 Å². The highest BCUT2D eigenvalue weighted by Crippen LogP contribution is 2.25. The van der Waals surface area contributed by atoms with Crippen molar-refractivity contribution in [1.29, 1.82) is 0 Å². The van der Waals surface area contributed by atoms with Gasteiger partial charge in [-0.2, -0.15) is 0 Å². The summed E-state index contributed by atoms with van der Waals surface area (Å²) < 4.78 is 26.5. The van der Waals surface area contributed by atoms with Gasteiger partial charge in [-0.1, -0.05) is 11.6 Å². The molecule has 0 unspecified atom stereocenters. The van der Waals surface area contributed by atoms with Crippen LogP contribution in [0.5, 0.6) is 0 Å². The first-order chi connectivity index (χ1) is 8.49. The molecule has 0 radical (unpaired) electrons. The summed E-state index contributed by atoms with van der Waals surface area (Å²) >= 11 is 5.87. The Morgan fingerprint density at radius 3 is 2.67 bits per heavy atom. The molecule has 1 aromatic carbocycles. The van der Waals surface area contributed by atoms with Gasteiger partial charge in [0.25, 0.3) is 10.0 Å². The maximum Gasteiger partial charge on any atom is 0.263 e. The summed E-state index contributed by atoms with van der Waals surface area (Å²) in [5.41, 5.74) is 6.28. The maximum absolute atomic E-state index is 12.1. The van der Waals surface area contributed by atoms with Gasteiger partial charge in [0.1, 0.15) is 4.90 Å². The van der Waals surface area contributed by atoms with Crippen molar-refractivity contribution in [3.8, 4) is 0 Å². The van der Waals surface area contributed by atoms with E-state index < -0.39 is 10.0 Å². The first kappa shape index (κ1) is 12.7. The van der Waals surface area contributed by atoms with Crippen LogP contribution in [0.3, 0.4) is 0 Å². The van der Waals surface area contributed by atoms with Gasteiger partial charge in [-0.15, -0.1) is 0 Å². The number of pyridine rings is 1. The average molecular weight is 284 g/mol. The Morgan fingerprint density at radius 2 is 2.06 bits per heavy atom. The lowest BCUT2D eigenvalue weighted by atomic mass is 10.3. The zero-order valence-electron chi connectivity index (χ0n) is 9.17. The molecule has 94 valence electrons. The standard InChI is InChI=1S/C11H10ClN3O2S/c12-10-6-8(13)3-4-11(10)18(16,17)15-9-2-1-5-14-7-9/h1-7,15H,13H2. The highest BCUT2D eigenvalue weighted by atomic mass is 35.5. The van der Waals surface area contributed by atoms with E-state index in [0.29, 0.717) is 11.4 Å². The molecule has 0 aliphatic rings. The number of nitrogen functional groups attached to an aromatic ring is 1. The van der Waals surface area contributed by atoms with Crippen LogP contribution in [0.25, 0.3) is 0 Å². The van der Waals surface area contributed by atoms with Crippen molar-refractivity contribution in [2.24, 2.45) is 0 Å². The van der Waals surface area contributed by atoms with Crippen LogP contribution in [-0.2, 0) is 10.0 Å². The van der Waals surface area contributed by atoms with Gasteiger partial charge in [-0.3, -0.25) is 9.71 Å². The van der Waals surface area contributed by atoms with E-state index in [1.54, 1.807) is 18.3 Å². The molecule has 0 aliphatic heterocycles. The molecule has 1 aromatic heterocycles. The molecule has 0 bridgehead atoms. The molecule has 2 aromatic rings. The molecule has 2 rings (SSSR count). The number of nitrogens with two attached hydrogens (primary N) is 1. The van der Waals surface area contributed by atoms with Crippen LogP contribution in [0, 0.1) is 0 Å². The number of halogens is 1. The maximum atomic E-state index is 12.1. The van der Waals surface area contributed by atoms with Crippen LogP contribution < -0.4 is 10.5 Å². The molecule has 0 amide bonds. The Morgan fingerprint density at radius 1 is 1.28 bits per heavy atom. The van der Waals surface area contributed by atoms with E-state index in [0.717, 1.165) is 0 Å². The molecule has 0 saturated carbocycles. The topological polar surface area (TPSA) is 85.1 Å². The van der Waals surface area contributed by atoms with Crippen molar-refractivity contribution in [2.45, 2.75) is 4.90 Å². The largest absolute Gasteiger partial charge is 0.399 e. The average Bonchev–Trinajstić information content (AvgIpc) is 2.29. The van der Waals surface area contributed by atoms with E-state index in [2.05, 4.69) is 9.71 Å². The Balaban J connectivity index is 2.37. The van der Waals surface area contributed by atoms with Gasteiger partial charge < -0.3 is 5.73 Å². The van der Waals surface area contributed by atoms with E-state index in [4.69, 9.17) is 17.3 Å². The third-order valence-electron chi connectivity index (χ3n) is 2.16. The SMILES string of the molecule is Nc1ccc(S(=O)(=O)Nc2cccnc2)c(Cl)c1. The van der Waals surface area contributed by atoms with E-state index in [1.165, 1.54) is 24.4 Å². The van der Waals surface area contributed by atoms with Gasteiger partial charge in [0.05, 0.1) is 16.9 Å². The minimum Gasteiger partial charge on any atom is -0.399 e. The van der Waals surface area contributed by atoms with Crippen LogP contribution >= 0.6 is 11.6 Å². The first-order valence-electron chi connectivity index (χ1n) is 4.97. The highest BCUT2D eigenvalue weighted by molar-refractivity contribution is 7.92. The minimum atomic E-state index is -3.74. The molecule has 18 heavy (non-hydrogen) atoms. The van der Waals surface area contributed by atoms with Crippen molar-refractivity contribution in [2.75, 3.05) is 10.5 Å². The second-order valence-electron chi connectivity index (χ2n) is 3.54. The number of aromatic nitrogens is 1. The fraction of sp³-hybridized carbons (Fsp3) is 0. The Labute approximate surface area is 110 Å². The number of hydrogen-bond donors (Lipinski definition) is 2. The smallest absolute Gasteiger partial charge is 0.263 e. The van der Waals surface area contributed by atoms with Crippen molar-refractivity contribution < 1.29 is 8.42 Å². The Bertz CT molecular complexity index is 659. The number of nitrogens with zero attached hydrogens (tertiary/aromatic N) is 1. The zero-order valence-corrected chi connectivity index (χ0v) is 10.7. The summed E-state index contributed by atoms with van der Waals surface area (Å²) in [4.78, 5) is 3.79. The van der Waals surface area contributed by atoms with E-state index in [9.17, 15) is 8.42 Å². The molecule has 0 spiro atoms. The number of anilines is 2. The summed E-state index contributed by atoms with van der Waals surface area (Å²) in [5.74, 6) is 0. The molecule has 5 nitrogen and oxygen atoms in total. The van der Waals surface area contributed by atoms with Crippen LogP contribution in [0.2, 0.25) is 5.02 Å². The van der Waals surface area contributed by atoms with Crippen molar-refractivity contribution in [1.82, 2.24) is 4.98 Å². The summed E-state index contributed by atoms with van der Waals surface area (Å²) in [6.07, 6.45) is 2.96. The van der Waals surface area contributed by atoms with Crippen LogP contribution in [0.4, 0.5) is 11.4 Å². The van der Waals surface area contributed by atoms with Gasteiger partial charge in [0.15, 0.2) is 0 Å². The van der Waals surface area contributed by atoms with Crippen molar-refractivity contribution in [3.05, 3.63) is 47.7 Å². The van der Waals surface area contributed by atoms with Gasteiger partial charge in [-0.25, -0.2) is 8.42 Å². The minimum absolute atomic E-state index is 0.0257. The normalized spacial score (nSPS) is 11.2. The van der Waals surface area contributed by atoms with Gasteiger partial charge in [0.2, 0.25) is 0 Å². The van der Waals surface area contributed by atoms with Crippen molar-refractivity contribution in [3.63, 3.8) is 0 Å². The van der Waals surface area contributed by atoms with Gasteiger partial charge in [-0.05, 0) is 30.3 Å². The zero-order chi connectivity index (χ0) is 13.2.